The number of carboxylic acid groups (broad SMARTS) is 1. The quantitative estimate of drug-likeness (QED) is 0.814. The van der Waals surface area contributed by atoms with Crippen molar-refractivity contribution in [2.75, 3.05) is 0 Å². The minimum Gasteiger partial charge on any atom is -0.481 e. The molecule has 1 aromatic carbocycles. The fraction of sp³-hybridized carbons (Fsp3) is 0.200. The third-order valence-electron chi connectivity index (χ3n) is 2.04. The van der Waals surface area contributed by atoms with E-state index in [1.807, 2.05) is 0 Å². The molecule has 0 bridgehead atoms. The summed E-state index contributed by atoms with van der Waals surface area (Å²) in [5, 5.41) is 17.1. The highest BCUT2D eigenvalue weighted by molar-refractivity contribution is 5.75. The van der Waals surface area contributed by atoms with Crippen LogP contribution in [0.5, 0.6) is 0 Å². The van der Waals surface area contributed by atoms with Gasteiger partial charge in [0, 0.05) is 11.6 Å². The van der Waals surface area contributed by atoms with Crippen molar-refractivity contribution in [3.8, 4) is 6.07 Å². The molecule has 0 heterocycles. The van der Waals surface area contributed by atoms with Crippen molar-refractivity contribution in [2.24, 2.45) is 0 Å². The predicted molar refractivity (Wildman–Crippen MR) is 47.1 cm³/mol. The van der Waals surface area contributed by atoms with E-state index in [-0.39, 0.29) is 11.1 Å². The monoisotopic (exact) mass is 211 g/mol. The first kappa shape index (κ1) is 11.1. The van der Waals surface area contributed by atoms with Gasteiger partial charge in [-0.3, -0.25) is 4.79 Å². The van der Waals surface area contributed by atoms with Crippen molar-refractivity contribution in [1.82, 2.24) is 0 Å². The Morgan fingerprint density at radius 3 is 2.53 bits per heavy atom. The van der Waals surface area contributed by atoms with Gasteiger partial charge in [0.1, 0.15) is 17.7 Å². The summed E-state index contributed by atoms with van der Waals surface area (Å²) in [4.78, 5) is 10.6. The second-order valence-electron chi connectivity index (χ2n) is 3.03. The molecule has 0 aliphatic rings. The number of benzene rings is 1. The molecule has 3 nitrogen and oxygen atoms in total. The summed E-state index contributed by atoms with van der Waals surface area (Å²) in [6.07, 6.45) is 0. The Hall–Kier alpha value is -1.96. The highest BCUT2D eigenvalue weighted by atomic mass is 19.1. The maximum atomic E-state index is 13.2. The van der Waals surface area contributed by atoms with E-state index in [0.717, 1.165) is 6.07 Å². The number of halogens is 2. The maximum absolute atomic E-state index is 13.2. The van der Waals surface area contributed by atoms with Crippen molar-refractivity contribution in [3.05, 3.63) is 34.9 Å². The molecule has 0 aliphatic heterocycles. The number of carbonyl (C=O) groups is 1. The summed E-state index contributed by atoms with van der Waals surface area (Å²) in [5.41, 5.74) is -0.556. The molecular weight excluding hydrogens is 204 g/mol. The molecule has 0 spiro atoms. The van der Waals surface area contributed by atoms with Gasteiger partial charge in [-0.25, -0.2) is 8.78 Å². The van der Waals surface area contributed by atoms with Crippen molar-refractivity contribution in [1.29, 1.82) is 5.26 Å². The Bertz CT molecular complexity index is 451. The van der Waals surface area contributed by atoms with Crippen LogP contribution >= 0.6 is 0 Å². The lowest BCUT2D eigenvalue weighted by molar-refractivity contribution is -0.138. The van der Waals surface area contributed by atoms with Gasteiger partial charge < -0.3 is 5.11 Å². The number of hydrogen-bond acceptors (Lipinski definition) is 2. The molecule has 1 N–H and O–H groups in total. The first-order valence-electron chi connectivity index (χ1n) is 4.09. The maximum Gasteiger partial charge on any atom is 0.310 e. The van der Waals surface area contributed by atoms with Gasteiger partial charge in [-0.05, 0) is 13.0 Å². The van der Waals surface area contributed by atoms with Crippen molar-refractivity contribution < 1.29 is 18.7 Å². The normalized spacial score (nSPS) is 11.9. The summed E-state index contributed by atoms with van der Waals surface area (Å²) in [5.74, 6) is -4.29. The van der Waals surface area contributed by atoms with Gasteiger partial charge in [0.2, 0.25) is 0 Å². The first-order valence-corrected chi connectivity index (χ1v) is 4.09. The Kier molecular flexibility index (Phi) is 3.00. The zero-order chi connectivity index (χ0) is 11.6. The number of nitrogens with zero attached hydrogens (tertiary/aromatic N) is 1. The van der Waals surface area contributed by atoms with Gasteiger partial charge in [0.25, 0.3) is 0 Å². The highest BCUT2D eigenvalue weighted by Gasteiger charge is 2.20. The molecule has 0 fully saturated rings. The molecule has 0 amide bonds. The van der Waals surface area contributed by atoms with Gasteiger partial charge in [-0.2, -0.15) is 5.26 Å². The van der Waals surface area contributed by atoms with Crippen molar-refractivity contribution >= 4 is 5.97 Å². The molecule has 78 valence electrons. The fourth-order valence-electron chi connectivity index (χ4n) is 1.12. The van der Waals surface area contributed by atoms with Crippen LogP contribution in [-0.2, 0) is 4.79 Å². The predicted octanol–water partition coefficient (Wildman–Crippen LogP) is 2.02. The Morgan fingerprint density at radius 1 is 1.47 bits per heavy atom. The second-order valence-corrected chi connectivity index (χ2v) is 3.03. The molecule has 1 aromatic rings. The van der Waals surface area contributed by atoms with Crippen LogP contribution in [0, 0.1) is 23.0 Å². The van der Waals surface area contributed by atoms with Crippen LogP contribution in [0.25, 0.3) is 0 Å². The van der Waals surface area contributed by atoms with E-state index in [1.165, 1.54) is 13.0 Å². The van der Waals surface area contributed by atoms with Crippen LogP contribution in [0.3, 0.4) is 0 Å². The Labute approximate surface area is 84.6 Å². The molecule has 1 atom stereocenters. The highest BCUT2D eigenvalue weighted by Crippen LogP contribution is 2.22. The third-order valence-corrected chi connectivity index (χ3v) is 2.04. The lowest BCUT2D eigenvalue weighted by Crippen LogP contribution is -2.10. The third kappa shape index (κ3) is 2.10. The van der Waals surface area contributed by atoms with E-state index in [0.29, 0.717) is 6.07 Å². The van der Waals surface area contributed by atoms with Gasteiger partial charge in [-0.15, -0.1) is 0 Å². The molecule has 0 radical (unpaired) electrons. The summed E-state index contributed by atoms with van der Waals surface area (Å²) in [6.45, 7) is 1.26. The van der Waals surface area contributed by atoms with Crippen LogP contribution < -0.4 is 0 Å². The second kappa shape index (κ2) is 4.05. The van der Waals surface area contributed by atoms with E-state index >= 15 is 0 Å². The largest absolute Gasteiger partial charge is 0.481 e. The Morgan fingerprint density at radius 2 is 2.07 bits per heavy atom. The van der Waals surface area contributed by atoms with Crippen LogP contribution in [-0.4, -0.2) is 11.1 Å². The molecule has 1 unspecified atom stereocenters. The summed E-state index contributed by atoms with van der Waals surface area (Å²) in [7, 11) is 0. The molecule has 0 saturated carbocycles. The lowest BCUT2D eigenvalue weighted by Gasteiger charge is -2.08. The summed E-state index contributed by atoms with van der Waals surface area (Å²) >= 11 is 0. The van der Waals surface area contributed by atoms with Crippen LogP contribution in [0.4, 0.5) is 8.78 Å². The topological polar surface area (TPSA) is 61.1 Å². The fourth-order valence-corrected chi connectivity index (χ4v) is 1.12. The van der Waals surface area contributed by atoms with Gasteiger partial charge in [-0.1, -0.05) is 0 Å². The number of nitriles is 1. The van der Waals surface area contributed by atoms with Crippen molar-refractivity contribution in [2.45, 2.75) is 12.8 Å². The van der Waals surface area contributed by atoms with E-state index in [9.17, 15) is 13.6 Å². The van der Waals surface area contributed by atoms with Gasteiger partial charge in [0.15, 0.2) is 0 Å². The average Bonchev–Trinajstić information content (AvgIpc) is 2.17. The standard InChI is InChI=1S/C10H7F2NO2/c1-5(10(14)15)7-2-6(4-13)8(11)3-9(7)12/h2-3,5H,1H3,(H,14,15). The zero-order valence-electron chi connectivity index (χ0n) is 7.79. The molecule has 15 heavy (non-hydrogen) atoms. The lowest BCUT2D eigenvalue weighted by atomic mass is 9.98. The molecule has 0 aromatic heterocycles. The molecular formula is C10H7F2NO2. The molecule has 0 aliphatic carbocycles. The first-order chi connectivity index (χ1) is 6.97. The van der Waals surface area contributed by atoms with E-state index in [2.05, 4.69) is 0 Å². The number of carboxylic acids is 1. The molecule has 0 saturated heterocycles. The summed E-state index contributed by atoms with van der Waals surface area (Å²) in [6, 6.07) is 2.96. The smallest absolute Gasteiger partial charge is 0.310 e. The Balaban J connectivity index is 3.32. The number of aliphatic carboxylic acids is 1. The SMILES string of the molecule is CC(C(=O)O)c1cc(C#N)c(F)cc1F. The molecule has 1 rings (SSSR count). The van der Waals surface area contributed by atoms with Crippen LogP contribution in [0.2, 0.25) is 0 Å². The number of rotatable bonds is 2. The zero-order valence-corrected chi connectivity index (χ0v) is 7.79. The van der Waals surface area contributed by atoms with Gasteiger partial charge >= 0.3 is 5.97 Å². The van der Waals surface area contributed by atoms with E-state index in [4.69, 9.17) is 10.4 Å². The minimum atomic E-state index is -1.23. The molecule has 5 heteroatoms. The van der Waals surface area contributed by atoms with E-state index in [1.54, 1.807) is 0 Å². The summed E-state index contributed by atoms with van der Waals surface area (Å²) < 4.78 is 26.1. The average molecular weight is 211 g/mol. The minimum absolute atomic E-state index is 0.194. The van der Waals surface area contributed by atoms with Crippen molar-refractivity contribution in [3.63, 3.8) is 0 Å². The number of hydrogen-bond donors (Lipinski definition) is 1. The van der Waals surface area contributed by atoms with Gasteiger partial charge in [0.05, 0.1) is 11.5 Å². The van der Waals surface area contributed by atoms with Crippen LogP contribution in [0.1, 0.15) is 24.0 Å². The van der Waals surface area contributed by atoms with Crippen LogP contribution in [0.15, 0.2) is 12.1 Å². The van der Waals surface area contributed by atoms with E-state index < -0.39 is 23.5 Å².